The summed E-state index contributed by atoms with van der Waals surface area (Å²) in [5.74, 6) is 0. The van der Waals surface area contributed by atoms with Crippen LogP contribution >= 0.6 is 11.3 Å². The van der Waals surface area contributed by atoms with Gasteiger partial charge in [0, 0.05) is 18.1 Å². The lowest BCUT2D eigenvalue weighted by Crippen LogP contribution is -2.23. The van der Waals surface area contributed by atoms with Crippen molar-refractivity contribution in [2.24, 2.45) is 0 Å². The molecule has 4 heteroatoms. The lowest BCUT2D eigenvalue weighted by atomic mass is 10.4. The molecule has 0 saturated heterocycles. The molecule has 0 amide bonds. The lowest BCUT2D eigenvalue weighted by Gasteiger charge is -2.21. The second-order valence-electron chi connectivity index (χ2n) is 2.32. The SMILES string of the molecule is OCc1csc(N2C=CC2)n1. The number of aliphatic hydroxyl groups excluding tert-OH is 1. The van der Waals surface area contributed by atoms with Gasteiger partial charge >= 0.3 is 0 Å². The first kappa shape index (κ1) is 6.82. The number of hydrogen-bond acceptors (Lipinski definition) is 4. The zero-order chi connectivity index (χ0) is 7.68. The van der Waals surface area contributed by atoms with Crippen molar-refractivity contribution in [3.05, 3.63) is 23.3 Å². The number of aliphatic hydroxyl groups is 1. The molecule has 3 nitrogen and oxygen atoms in total. The molecular formula is C7H8N2OS. The number of rotatable bonds is 2. The highest BCUT2D eigenvalue weighted by atomic mass is 32.1. The van der Waals surface area contributed by atoms with Gasteiger partial charge in [-0.05, 0) is 6.08 Å². The minimum Gasteiger partial charge on any atom is -0.390 e. The molecule has 1 N–H and O–H groups in total. The summed E-state index contributed by atoms with van der Waals surface area (Å²) in [6.45, 7) is 0.979. The van der Waals surface area contributed by atoms with Crippen LogP contribution in [0.25, 0.3) is 0 Å². The zero-order valence-electron chi connectivity index (χ0n) is 5.90. The van der Waals surface area contributed by atoms with E-state index in [9.17, 15) is 0 Å². The van der Waals surface area contributed by atoms with E-state index in [1.165, 1.54) is 0 Å². The van der Waals surface area contributed by atoms with Gasteiger partial charge < -0.3 is 10.0 Å². The maximum absolute atomic E-state index is 8.73. The Morgan fingerprint density at radius 3 is 3.00 bits per heavy atom. The molecule has 2 rings (SSSR count). The Morgan fingerprint density at radius 1 is 1.73 bits per heavy atom. The molecule has 58 valence electrons. The van der Waals surface area contributed by atoms with Gasteiger partial charge in [0.05, 0.1) is 12.3 Å². The molecule has 0 fully saturated rings. The number of aromatic nitrogens is 1. The van der Waals surface area contributed by atoms with E-state index in [0.717, 1.165) is 17.4 Å². The first-order valence-corrected chi connectivity index (χ1v) is 4.26. The molecule has 0 radical (unpaired) electrons. The van der Waals surface area contributed by atoms with E-state index in [-0.39, 0.29) is 6.61 Å². The van der Waals surface area contributed by atoms with Crippen LogP contribution in [0.2, 0.25) is 0 Å². The van der Waals surface area contributed by atoms with Crippen LogP contribution in [0.1, 0.15) is 5.69 Å². The quantitative estimate of drug-likeness (QED) is 0.714. The van der Waals surface area contributed by atoms with Crippen LogP contribution in [0.5, 0.6) is 0 Å². The topological polar surface area (TPSA) is 36.4 Å². The molecular weight excluding hydrogens is 160 g/mol. The smallest absolute Gasteiger partial charge is 0.189 e. The molecule has 1 aromatic rings. The number of thiazole rings is 1. The Labute approximate surface area is 68.6 Å². The van der Waals surface area contributed by atoms with Crippen molar-refractivity contribution in [2.45, 2.75) is 6.61 Å². The van der Waals surface area contributed by atoms with Gasteiger partial charge in [0.2, 0.25) is 0 Å². The maximum Gasteiger partial charge on any atom is 0.189 e. The number of nitrogens with zero attached hydrogens (tertiary/aromatic N) is 2. The summed E-state index contributed by atoms with van der Waals surface area (Å²) in [5, 5.41) is 11.6. The fourth-order valence-electron chi connectivity index (χ4n) is 0.853. The molecule has 0 aliphatic carbocycles. The predicted octanol–water partition coefficient (Wildman–Crippen LogP) is 0.969. The van der Waals surface area contributed by atoms with Crippen molar-refractivity contribution in [1.82, 2.24) is 4.98 Å². The van der Waals surface area contributed by atoms with Crippen molar-refractivity contribution >= 4 is 16.5 Å². The van der Waals surface area contributed by atoms with E-state index in [4.69, 9.17) is 5.11 Å². The summed E-state index contributed by atoms with van der Waals surface area (Å²) in [5.41, 5.74) is 0.755. The van der Waals surface area contributed by atoms with Crippen molar-refractivity contribution in [2.75, 3.05) is 11.4 Å². The van der Waals surface area contributed by atoms with E-state index >= 15 is 0 Å². The zero-order valence-corrected chi connectivity index (χ0v) is 6.71. The van der Waals surface area contributed by atoms with E-state index in [1.807, 2.05) is 16.5 Å². The molecule has 2 heterocycles. The first-order valence-electron chi connectivity index (χ1n) is 3.39. The minimum atomic E-state index is 0.0358. The first-order chi connectivity index (χ1) is 5.40. The molecule has 1 aliphatic rings. The Bertz CT molecular complexity index is 282. The molecule has 1 aliphatic heterocycles. The Kier molecular flexibility index (Phi) is 1.63. The van der Waals surface area contributed by atoms with Gasteiger partial charge in [-0.15, -0.1) is 11.3 Å². The largest absolute Gasteiger partial charge is 0.390 e. The van der Waals surface area contributed by atoms with Gasteiger partial charge in [0.1, 0.15) is 0 Å². The summed E-state index contributed by atoms with van der Waals surface area (Å²) in [7, 11) is 0. The van der Waals surface area contributed by atoms with Crippen LogP contribution in [-0.2, 0) is 6.61 Å². The van der Waals surface area contributed by atoms with Gasteiger partial charge in [0.15, 0.2) is 5.13 Å². The van der Waals surface area contributed by atoms with Crippen LogP contribution in [0, 0.1) is 0 Å². The van der Waals surface area contributed by atoms with Gasteiger partial charge in [-0.3, -0.25) is 0 Å². The molecule has 0 unspecified atom stereocenters. The molecule has 1 aromatic heterocycles. The summed E-state index contributed by atoms with van der Waals surface area (Å²) < 4.78 is 0. The number of hydrogen-bond donors (Lipinski definition) is 1. The normalized spacial score (nSPS) is 15.2. The fraction of sp³-hybridized carbons (Fsp3) is 0.286. The predicted molar refractivity (Wildman–Crippen MR) is 44.5 cm³/mol. The monoisotopic (exact) mass is 168 g/mol. The second kappa shape index (κ2) is 2.64. The maximum atomic E-state index is 8.73. The average molecular weight is 168 g/mol. The molecule has 0 saturated carbocycles. The van der Waals surface area contributed by atoms with Crippen molar-refractivity contribution < 1.29 is 5.11 Å². The van der Waals surface area contributed by atoms with Crippen LogP contribution in [0.3, 0.4) is 0 Å². The van der Waals surface area contributed by atoms with E-state index < -0.39 is 0 Å². The highest BCUT2D eigenvalue weighted by molar-refractivity contribution is 7.13. The van der Waals surface area contributed by atoms with Crippen LogP contribution in [0.4, 0.5) is 5.13 Å². The van der Waals surface area contributed by atoms with Gasteiger partial charge in [-0.2, -0.15) is 0 Å². The summed E-state index contributed by atoms with van der Waals surface area (Å²) >= 11 is 1.56. The third-order valence-corrected chi connectivity index (χ3v) is 2.46. The standard InChI is InChI=1S/C7H8N2OS/c10-4-6-5-11-7(8-6)9-2-1-3-9/h1-2,5,10H,3-4H2. The van der Waals surface area contributed by atoms with Crippen molar-refractivity contribution in [3.8, 4) is 0 Å². The molecule has 0 bridgehead atoms. The summed E-state index contributed by atoms with van der Waals surface area (Å²) in [6, 6.07) is 0. The van der Waals surface area contributed by atoms with Gasteiger partial charge in [0.25, 0.3) is 0 Å². The third-order valence-electron chi connectivity index (χ3n) is 1.53. The van der Waals surface area contributed by atoms with Gasteiger partial charge in [-0.25, -0.2) is 4.98 Å². The second-order valence-corrected chi connectivity index (χ2v) is 3.15. The van der Waals surface area contributed by atoms with Gasteiger partial charge in [-0.1, -0.05) is 0 Å². The minimum absolute atomic E-state index is 0.0358. The highest BCUT2D eigenvalue weighted by Crippen LogP contribution is 2.23. The molecule has 0 aromatic carbocycles. The molecule has 11 heavy (non-hydrogen) atoms. The Hall–Kier alpha value is -0.870. The molecule has 0 spiro atoms. The number of anilines is 1. The van der Waals surface area contributed by atoms with Crippen molar-refractivity contribution in [3.63, 3.8) is 0 Å². The molecule has 0 atom stereocenters. The van der Waals surface area contributed by atoms with Crippen LogP contribution in [-0.4, -0.2) is 16.6 Å². The lowest BCUT2D eigenvalue weighted by molar-refractivity contribution is 0.277. The van der Waals surface area contributed by atoms with E-state index in [2.05, 4.69) is 11.1 Å². The van der Waals surface area contributed by atoms with Crippen molar-refractivity contribution in [1.29, 1.82) is 0 Å². The fourth-order valence-corrected chi connectivity index (χ4v) is 1.66. The van der Waals surface area contributed by atoms with Crippen LogP contribution in [0.15, 0.2) is 17.7 Å². The highest BCUT2D eigenvalue weighted by Gasteiger charge is 2.11. The van der Waals surface area contributed by atoms with E-state index in [1.54, 1.807) is 11.3 Å². The van der Waals surface area contributed by atoms with E-state index in [0.29, 0.717) is 0 Å². The van der Waals surface area contributed by atoms with Crippen LogP contribution < -0.4 is 4.90 Å². The Morgan fingerprint density at radius 2 is 2.55 bits per heavy atom. The summed E-state index contributed by atoms with van der Waals surface area (Å²) in [6.07, 6.45) is 4.06. The summed E-state index contributed by atoms with van der Waals surface area (Å²) in [4.78, 5) is 6.24. The Balaban J connectivity index is 2.18. The average Bonchev–Trinajstić information content (AvgIpc) is 2.32. The third kappa shape index (κ3) is 1.15.